The smallest absolute Gasteiger partial charge is 0.216 e. The highest BCUT2D eigenvalue weighted by molar-refractivity contribution is 5.72. The van der Waals surface area contributed by atoms with Crippen LogP contribution in [0.3, 0.4) is 0 Å². The zero-order chi connectivity index (χ0) is 12.0. The summed E-state index contributed by atoms with van der Waals surface area (Å²) in [4.78, 5) is 10.6. The molecule has 4 heteroatoms. The number of amides is 1. The lowest BCUT2D eigenvalue weighted by atomic mass is 10.1. The second kappa shape index (κ2) is 6.23. The average molecular weight is 224 g/mol. The van der Waals surface area contributed by atoms with Gasteiger partial charge in [-0.2, -0.15) is 0 Å². The van der Waals surface area contributed by atoms with E-state index in [0.29, 0.717) is 13.1 Å². The van der Waals surface area contributed by atoms with Gasteiger partial charge in [-0.05, 0) is 24.6 Å². The Balaban J connectivity index is 2.35. The molecule has 0 aliphatic carbocycles. The Bertz CT molecular complexity index is 355. The Hall–Kier alpha value is -1.42. The van der Waals surface area contributed by atoms with Crippen molar-refractivity contribution in [1.82, 2.24) is 10.6 Å². The first kappa shape index (κ1) is 12.6. The fraction of sp³-hybridized carbons (Fsp3) is 0.417. The molecule has 2 N–H and O–H groups in total. The minimum atomic E-state index is -0.229. The normalized spacial score (nSPS) is 12.2. The van der Waals surface area contributed by atoms with E-state index in [1.54, 1.807) is 6.07 Å². The zero-order valence-electron chi connectivity index (χ0n) is 9.59. The number of carbonyl (C=O) groups excluding carboxylic acids is 1. The van der Waals surface area contributed by atoms with Crippen LogP contribution in [0.15, 0.2) is 24.3 Å². The maximum atomic E-state index is 12.9. The van der Waals surface area contributed by atoms with Crippen LogP contribution >= 0.6 is 0 Å². The second-order valence-electron chi connectivity index (χ2n) is 3.71. The van der Waals surface area contributed by atoms with Gasteiger partial charge in [0.2, 0.25) is 5.91 Å². The molecule has 0 heterocycles. The van der Waals surface area contributed by atoms with Crippen LogP contribution in [0.1, 0.15) is 25.5 Å². The first-order valence-electron chi connectivity index (χ1n) is 5.33. The Morgan fingerprint density at radius 3 is 2.81 bits per heavy atom. The topological polar surface area (TPSA) is 41.1 Å². The summed E-state index contributed by atoms with van der Waals surface area (Å²) in [7, 11) is 0. The number of hydrogen-bond donors (Lipinski definition) is 2. The first-order valence-corrected chi connectivity index (χ1v) is 5.33. The Morgan fingerprint density at radius 1 is 1.44 bits per heavy atom. The predicted molar refractivity (Wildman–Crippen MR) is 61.5 cm³/mol. The molecule has 0 fully saturated rings. The summed E-state index contributed by atoms with van der Waals surface area (Å²) in [5, 5.41) is 5.89. The third kappa shape index (κ3) is 4.40. The van der Waals surface area contributed by atoms with Crippen molar-refractivity contribution in [1.29, 1.82) is 0 Å². The number of carbonyl (C=O) groups is 1. The number of halogens is 1. The fourth-order valence-corrected chi connectivity index (χ4v) is 1.42. The number of benzene rings is 1. The number of nitrogens with one attached hydrogen (secondary N) is 2. The van der Waals surface area contributed by atoms with Gasteiger partial charge in [-0.1, -0.05) is 12.1 Å². The molecule has 0 aliphatic rings. The molecule has 0 unspecified atom stereocenters. The van der Waals surface area contributed by atoms with Crippen molar-refractivity contribution >= 4 is 5.91 Å². The molecular formula is C12H17FN2O. The van der Waals surface area contributed by atoms with Crippen LogP contribution in [0.4, 0.5) is 4.39 Å². The van der Waals surface area contributed by atoms with Gasteiger partial charge in [0.25, 0.3) is 0 Å². The molecule has 0 spiro atoms. The lowest BCUT2D eigenvalue weighted by Gasteiger charge is -2.14. The molecule has 0 radical (unpaired) electrons. The van der Waals surface area contributed by atoms with Crippen molar-refractivity contribution in [2.45, 2.75) is 19.9 Å². The molecule has 1 amide bonds. The third-order valence-electron chi connectivity index (χ3n) is 2.30. The van der Waals surface area contributed by atoms with Crippen molar-refractivity contribution < 1.29 is 9.18 Å². The molecule has 1 aromatic rings. The van der Waals surface area contributed by atoms with Gasteiger partial charge in [0, 0.05) is 26.1 Å². The van der Waals surface area contributed by atoms with Crippen molar-refractivity contribution in [3.8, 4) is 0 Å². The highest BCUT2D eigenvalue weighted by Crippen LogP contribution is 2.12. The van der Waals surface area contributed by atoms with Gasteiger partial charge in [-0.15, -0.1) is 0 Å². The quantitative estimate of drug-likeness (QED) is 0.746. The van der Waals surface area contributed by atoms with Gasteiger partial charge in [-0.3, -0.25) is 4.79 Å². The summed E-state index contributed by atoms with van der Waals surface area (Å²) in [5.41, 5.74) is 0.905. The van der Waals surface area contributed by atoms with E-state index in [9.17, 15) is 9.18 Å². The molecule has 88 valence electrons. The third-order valence-corrected chi connectivity index (χ3v) is 2.30. The molecular weight excluding hydrogens is 207 g/mol. The lowest BCUT2D eigenvalue weighted by molar-refractivity contribution is -0.118. The molecule has 1 atom stereocenters. The fourth-order valence-electron chi connectivity index (χ4n) is 1.42. The van der Waals surface area contributed by atoms with Crippen LogP contribution in [0.5, 0.6) is 0 Å². The maximum absolute atomic E-state index is 12.9. The Kier molecular flexibility index (Phi) is 4.92. The monoisotopic (exact) mass is 224 g/mol. The van der Waals surface area contributed by atoms with Gasteiger partial charge in [-0.25, -0.2) is 4.39 Å². The van der Waals surface area contributed by atoms with E-state index >= 15 is 0 Å². The molecule has 0 bridgehead atoms. The lowest BCUT2D eigenvalue weighted by Crippen LogP contribution is -2.31. The Morgan fingerprint density at radius 2 is 2.19 bits per heavy atom. The molecule has 0 aliphatic heterocycles. The van der Waals surface area contributed by atoms with Crippen molar-refractivity contribution in [2.75, 3.05) is 13.1 Å². The van der Waals surface area contributed by atoms with Gasteiger partial charge in [0.15, 0.2) is 0 Å². The van der Waals surface area contributed by atoms with Crippen molar-refractivity contribution in [3.63, 3.8) is 0 Å². The van der Waals surface area contributed by atoms with E-state index < -0.39 is 0 Å². The van der Waals surface area contributed by atoms with E-state index in [1.165, 1.54) is 19.1 Å². The first-order chi connectivity index (χ1) is 7.59. The molecule has 0 saturated heterocycles. The van der Waals surface area contributed by atoms with Crippen LogP contribution in [0.25, 0.3) is 0 Å². The predicted octanol–water partition coefficient (Wildman–Crippen LogP) is 1.61. The maximum Gasteiger partial charge on any atom is 0.216 e. The van der Waals surface area contributed by atoms with Gasteiger partial charge >= 0.3 is 0 Å². The van der Waals surface area contributed by atoms with Crippen LogP contribution in [0.2, 0.25) is 0 Å². The average Bonchev–Trinajstić information content (AvgIpc) is 2.24. The zero-order valence-corrected chi connectivity index (χ0v) is 9.59. The molecule has 1 aromatic carbocycles. The van der Waals surface area contributed by atoms with E-state index in [-0.39, 0.29) is 17.8 Å². The van der Waals surface area contributed by atoms with Crippen LogP contribution in [-0.2, 0) is 4.79 Å². The SMILES string of the molecule is CC(=O)NCCN[C@H](C)c1cccc(F)c1. The van der Waals surface area contributed by atoms with Crippen LogP contribution < -0.4 is 10.6 Å². The highest BCUT2D eigenvalue weighted by Gasteiger charge is 2.04. The number of hydrogen-bond acceptors (Lipinski definition) is 2. The van der Waals surface area contributed by atoms with Crippen LogP contribution in [-0.4, -0.2) is 19.0 Å². The molecule has 3 nitrogen and oxygen atoms in total. The minimum absolute atomic E-state index is 0.0415. The van der Waals surface area contributed by atoms with E-state index in [1.807, 2.05) is 13.0 Å². The van der Waals surface area contributed by atoms with Crippen LogP contribution in [0, 0.1) is 5.82 Å². The number of rotatable bonds is 5. The van der Waals surface area contributed by atoms with E-state index in [2.05, 4.69) is 10.6 Å². The van der Waals surface area contributed by atoms with Gasteiger partial charge in [0.1, 0.15) is 5.82 Å². The minimum Gasteiger partial charge on any atom is -0.355 e. The molecule has 0 aromatic heterocycles. The van der Waals surface area contributed by atoms with E-state index in [0.717, 1.165) is 5.56 Å². The standard InChI is InChI=1S/C12H17FN2O/c1-9(14-6-7-15-10(2)16)11-4-3-5-12(13)8-11/h3-5,8-9,14H,6-7H2,1-2H3,(H,15,16)/t9-/m1/s1. The van der Waals surface area contributed by atoms with Gasteiger partial charge in [0.05, 0.1) is 0 Å². The summed E-state index contributed by atoms with van der Waals surface area (Å²) in [6.07, 6.45) is 0. The Labute approximate surface area is 95.0 Å². The van der Waals surface area contributed by atoms with Gasteiger partial charge < -0.3 is 10.6 Å². The molecule has 1 rings (SSSR count). The summed E-state index contributed by atoms with van der Waals surface area (Å²) >= 11 is 0. The summed E-state index contributed by atoms with van der Waals surface area (Å²) in [6.45, 7) is 4.69. The molecule has 0 saturated carbocycles. The summed E-state index contributed by atoms with van der Waals surface area (Å²) in [6, 6.07) is 6.57. The second-order valence-corrected chi connectivity index (χ2v) is 3.71. The molecule has 16 heavy (non-hydrogen) atoms. The summed E-state index contributed by atoms with van der Waals surface area (Å²) in [5.74, 6) is -0.270. The van der Waals surface area contributed by atoms with Crippen molar-refractivity contribution in [3.05, 3.63) is 35.6 Å². The highest BCUT2D eigenvalue weighted by atomic mass is 19.1. The summed E-state index contributed by atoms with van der Waals surface area (Å²) < 4.78 is 12.9. The largest absolute Gasteiger partial charge is 0.355 e. The van der Waals surface area contributed by atoms with E-state index in [4.69, 9.17) is 0 Å². The van der Waals surface area contributed by atoms with Crippen molar-refractivity contribution in [2.24, 2.45) is 0 Å².